The molecule has 0 saturated heterocycles. The molecule has 0 aliphatic rings. The molecule has 2 rings (SSSR count). The van der Waals surface area contributed by atoms with E-state index in [1.807, 2.05) is 13.0 Å². The molecule has 1 atom stereocenters. The first-order valence-corrected chi connectivity index (χ1v) is 9.36. The summed E-state index contributed by atoms with van der Waals surface area (Å²) in [5, 5.41) is 2.43. The summed E-state index contributed by atoms with van der Waals surface area (Å²) in [4.78, 5) is 28.0. The Bertz CT molecular complexity index is 765. The predicted molar refractivity (Wildman–Crippen MR) is 89.4 cm³/mol. The van der Waals surface area contributed by atoms with Gasteiger partial charge in [0.1, 0.15) is 0 Å². The van der Waals surface area contributed by atoms with Crippen LogP contribution in [0.1, 0.15) is 21.6 Å². The van der Waals surface area contributed by atoms with Gasteiger partial charge in [0, 0.05) is 51.0 Å². The van der Waals surface area contributed by atoms with Gasteiger partial charge in [-0.15, -0.1) is 0 Å². The van der Waals surface area contributed by atoms with Gasteiger partial charge in [-0.1, -0.05) is 36.4 Å². The van der Waals surface area contributed by atoms with E-state index in [2.05, 4.69) is 17.0 Å². The average molecular weight is 513 g/mol. The van der Waals surface area contributed by atoms with Gasteiger partial charge in [0.15, 0.2) is 0 Å². The summed E-state index contributed by atoms with van der Waals surface area (Å²) in [6.45, 7) is 5.54. The van der Waals surface area contributed by atoms with Crippen LogP contribution in [0.5, 0.6) is 0 Å². The Labute approximate surface area is 155 Å². The summed E-state index contributed by atoms with van der Waals surface area (Å²) < 4.78 is 12.5. The molecule has 1 N–H and O–H groups in total. The first-order valence-electron chi connectivity index (χ1n) is 7.09. The molecule has 1 amide bonds. The number of rotatable bonds is 6. The SMILES string of the molecule is [CH2-]P(=O)(CNC(=O)C(=O)c1ccccc1)Cc1cccnc1C.[W]. The van der Waals surface area contributed by atoms with Gasteiger partial charge in [0.05, 0.1) is 0 Å². The third-order valence-corrected chi connectivity index (χ3v) is 5.00. The van der Waals surface area contributed by atoms with Crippen LogP contribution in [0.15, 0.2) is 48.7 Å². The van der Waals surface area contributed by atoms with E-state index in [0.29, 0.717) is 5.56 Å². The van der Waals surface area contributed by atoms with Crippen molar-refractivity contribution < 1.29 is 35.2 Å². The zero-order valence-electron chi connectivity index (χ0n) is 13.3. The van der Waals surface area contributed by atoms with Crippen LogP contribution in [0.25, 0.3) is 0 Å². The number of carbonyl (C=O) groups excluding carboxylic acids is 2. The van der Waals surface area contributed by atoms with Crippen molar-refractivity contribution in [2.24, 2.45) is 0 Å². The van der Waals surface area contributed by atoms with Gasteiger partial charge in [-0.2, -0.15) is 0 Å². The Kier molecular flexibility index (Phi) is 7.72. The van der Waals surface area contributed by atoms with Crippen LogP contribution in [-0.4, -0.2) is 23.0 Å². The fourth-order valence-corrected chi connectivity index (χ4v) is 3.57. The maximum absolute atomic E-state index is 12.5. The van der Waals surface area contributed by atoms with E-state index in [9.17, 15) is 14.2 Å². The van der Waals surface area contributed by atoms with E-state index < -0.39 is 18.8 Å². The quantitative estimate of drug-likeness (QED) is 0.279. The van der Waals surface area contributed by atoms with E-state index in [1.165, 1.54) is 0 Å². The Morgan fingerprint density at radius 1 is 1.17 bits per heavy atom. The normalized spacial score (nSPS) is 12.6. The number of aryl methyl sites for hydroxylation is 1. The summed E-state index contributed by atoms with van der Waals surface area (Å²) >= 11 is 0. The number of nitrogens with one attached hydrogen (secondary N) is 1. The van der Waals surface area contributed by atoms with Crippen LogP contribution in [0.4, 0.5) is 0 Å². The van der Waals surface area contributed by atoms with Gasteiger partial charge in [-0.3, -0.25) is 21.2 Å². The van der Waals surface area contributed by atoms with E-state index in [-0.39, 0.29) is 33.5 Å². The Hall–Kier alpha value is -1.57. The number of nitrogens with zero attached hydrogens (tertiary/aromatic N) is 1. The second-order valence-electron chi connectivity index (χ2n) is 5.32. The zero-order valence-corrected chi connectivity index (χ0v) is 17.1. The van der Waals surface area contributed by atoms with E-state index in [0.717, 1.165) is 11.3 Å². The molecule has 1 unspecified atom stereocenters. The van der Waals surface area contributed by atoms with Crippen LogP contribution in [-0.2, 0) is 36.6 Å². The van der Waals surface area contributed by atoms with Gasteiger partial charge in [-0.05, 0) is 25.7 Å². The number of hydrogen-bond donors (Lipinski definition) is 1. The molecule has 1 aromatic heterocycles. The van der Waals surface area contributed by atoms with E-state index in [1.54, 1.807) is 42.6 Å². The maximum atomic E-state index is 12.5. The summed E-state index contributed by atoms with van der Waals surface area (Å²) in [7, 11) is -2.90. The smallest absolute Gasteiger partial charge is 0.292 e. The number of amides is 1. The van der Waals surface area contributed by atoms with E-state index >= 15 is 0 Å². The Balaban J connectivity index is 0.00000288. The van der Waals surface area contributed by atoms with Crippen molar-refractivity contribution in [3.05, 3.63) is 72.1 Å². The molecular weight excluding hydrogens is 495 g/mol. The van der Waals surface area contributed by atoms with Crippen molar-refractivity contribution in [3.63, 3.8) is 0 Å². The molecule has 7 heteroatoms. The number of hydrogen-bond acceptors (Lipinski definition) is 4. The number of ketones is 1. The minimum atomic E-state index is -2.90. The van der Waals surface area contributed by atoms with E-state index in [4.69, 9.17) is 0 Å². The van der Waals surface area contributed by atoms with Crippen molar-refractivity contribution in [2.45, 2.75) is 13.1 Å². The van der Waals surface area contributed by atoms with Gasteiger partial charge < -0.3 is 9.88 Å². The molecule has 1 aromatic carbocycles. The Morgan fingerprint density at radius 3 is 2.46 bits per heavy atom. The molecular formula is C17H18N2O3PW-. The average Bonchev–Trinajstić information content (AvgIpc) is 2.55. The van der Waals surface area contributed by atoms with Gasteiger partial charge in [-0.25, -0.2) is 0 Å². The molecule has 5 nitrogen and oxygen atoms in total. The number of Topliss-reactive ketones (excluding diaryl/α,β-unsaturated/α-hetero) is 1. The second-order valence-corrected chi connectivity index (χ2v) is 8.07. The van der Waals surface area contributed by atoms with Gasteiger partial charge >= 0.3 is 0 Å². The molecule has 0 aliphatic heterocycles. The third kappa shape index (κ3) is 5.81. The van der Waals surface area contributed by atoms with Crippen molar-refractivity contribution >= 4 is 18.8 Å². The molecule has 0 bridgehead atoms. The summed E-state index contributed by atoms with van der Waals surface area (Å²) in [5.74, 6) is -1.42. The minimum absolute atomic E-state index is 0. The minimum Gasteiger partial charge on any atom is -0.355 e. The van der Waals surface area contributed by atoms with Crippen molar-refractivity contribution in [3.8, 4) is 0 Å². The maximum Gasteiger partial charge on any atom is 0.292 e. The van der Waals surface area contributed by atoms with Crippen LogP contribution in [0, 0.1) is 13.6 Å². The summed E-state index contributed by atoms with van der Waals surface area (Å²) in [6.07, 6.45) is 1.76. The fraction of sp³-hybridized carbons (Fsp3) is 0.176. The molecule has 0 radical (unpaired) electrons. The first-order chi connectivity index (χ1) is 10.9. The van der Waals surface area contributed by atoms with Crippen molar-refractivity contribution in [1.82, 2.24) is 10.3 Å². The third-order valence-electron chi connectivity index (χ3n) is 3.34. The number of carbonyl (C=O) groups is 2. The van der Waals surface area contributed by atoms with Gasteiger partial charge in [0.2, 0.25) is 5.78 Å². The van der Waals surface area contributed by atoms with Crippen LogP contribution in [0.2, 0.25) is 0 Å². The Morgan fingerprint density at radius 2 is 1.83 bits per heavy atom. The van der Waals surface area contributed by atoms with Gasteiger partial charge in [0.25, 0.3) is 5.91 Å². The molecule has 24 heavy (non-hydrogen) atoms. The molecule has 0 fully saturated rings. The fourth-order valence-electron chi connectivity index (χ4n) is 2.07. The zero-order chi connectivity index (χ0) is 16.9. The van der Waals surface area contributed by atoms with Crippen molar-refractivity contribution in [1.29, 1.82) is 0 Å². The van der Waals surface area contributed by atoms with Crippen LogP contribution < -0.4 is 5.32 Å². The number of pyridine rings is 1. The van der Waals surface area contributed by atoms with Crippen LogP contribution in [0.3, 0.4) is 0 Å². The molecule has 126 valence electrons. The predicted octanol–water partition coefficient (Wildman–Crippen LogP) is 3.00. The topological polar surface area (TPSA) is 76.1 Å². The summed E-state index contributed by atoms with van der Waals surface area (Å²) in [5.41, 5.74) is 1.91. The number of benzene rings is 1. The molecule has 0 aliphatic carbocycles. The largest absolute Gasteiger partial charge is 0.355 e. The molecule has 0 saturated carbocycles. The second kappa shape index (κ2) is 9.05. The number of aromatic nitrogens is 1. The first kappa shape index (κ1) is 20.5. The molecule has 0 spiro atoms. The van der Waals surface area contributed by atoms with Crippen LogP contribution >= 0.6 is 7.14 Å². The summed E-state index contributed by atoms with van der Waals surface area (Å²) in [6, 6.07) is 11.8. The van der Waals surface area contributed by atoms with Crippen molar-refractivity contribution in [2.75, 3.05) is 6.29 Å². The molecule has 2 aromatic rings. The monoisotopic (exact) mass is 513 g/mol. The standard InChI is InChI=1S/C17H18N2O3P.W/c1-13-15(9-6-10-18-13)11-23(2,22)12-19-17(21)16(20)14-7-4-3-5-8-14;/h3-10H,2,11-12H2,1H3,(H,19,21);/q-1;. The molecule has 1 heterocycles.